The number of para-hydroxylation sites is 2. The van der Waals surface area contributed by atoms with Gasteiger partial charge in [-0.25, -0.2) is 4.98 Å². The van der Waals surface area contributed by atoms with Crippen LogP contribution in [0.15, 0.2) is 48.5 Å². The molecular formula is C23H28ClN3O2. The van der Waals surface area contributed by atoms with E-state index in [4.69, 9.17) is 21.3 Å². The summed E-state index contributed by atoms with van der Waals surface area (Å²) in [5, 5.41) is 3.68. The standard InChI is InChI=1S/C23H28ClN3O2/c1-2-7-23(28)25-15-5-10-22-26-20-8-3-4-9-21(20)27(22)16-6-17-29-19-13-11-18(24)12-14-19/h3-4,8-9,11-14H,2,5-7,10,15-17H2,1H3,(H,25,28). The molecule has 1 N–H and O–H groups in total. The zero-order valence-electron chi connectivity index (χ0n) is 16.9. The Morgan fingerprint density at radius 1 is 1.14 bits per heavy atom. The molecule has 0 radical (unpaired) electrons. The number of benzene rings is 2. The maximum atomic E-state index is 11.6. The molecule has 0 atom stereocenters. The Kier molecular flexibility index (Phi) is 7.94. The summed E-state index contributed by atoms with van der Waals surface area (Å²) >= 11 is 5.91. The molecule has 3 aromatic rings. The minimum atomic E-state index is 0.125. The van der Waals surface area contributed by atoms with Crippen LogP contribution in [0.2, 0.25) is 5.02 Å². The SMILES string of the molecule is CCCC(=O)NCCCc1nc2ccccc2n1CCCOc1ccc(Cl)cc1. The van der Waals surface area contributed by atoms with Gasteiger partial charge < -0.3 is 14.6 Å². The zero-order chi connectivity index (χ0) is 20.5. The van der Waals surface area contributed by atoms with E-state index in [1.165, 1.54) is 0 Å². The Morgan fingerprint density at radius 2 is 1.93 bits per heavy atom. The molecular weight excluding hydrogens is 386 g/mol. The van der Waals surface area contributed by atoms with Gasteiger partial charge in [0.25, 0.3) is 0 Å². The molecule has 6 heteroatoms. The second kappa shape index (κ2) is 10.9. The van der Waals surface area contributed by atoms with E-state index >= 15 is 0 Å². The van der Waals surface area contributed by atoms with Crippen molar-refractivity contribution < 1.29 is 9.53 Å². The number of ether oxygens (including phenoxy) is 1. The molecule has 29 heavy (non-hydrogen) atoms. The van der Waals surface area contributed by atoms with Gasteiger partial charge in [-0.3, -0.25) is 4.79 Å². The van der Waals surface area contributed by atoms with Crippen LogP contribution in [-0.2, 0) is 17.8 Å². The molecule has 5 nitrogen and oxygen atoms in total. The van der Waals surface area contributed by atoms with Crippen molar-refractivity contribution in [3.05, 3.63) is 59.4 Å². The van der Waals surface area contributed by atoms with E-state index in [0.717, 1.165) is 54.8 Å². The first-order valence-corrected chi connectivity index (χ1v) is 10.6. The third kappa shape index (κ3) is 6.23. The van der Waals surface area contributed by atoms with Gasteiger partial charge in [-0.1, -0.05) is 30.7 Å². The first-order valence-electron chi connectivity index (χ1n) is 10.3. The van der Waals surface area contributed by atoms with Crippen molar-refractivity contribution in [1.82, 2.24) is 14.9 Å². The molecule has 0 saturated carbocycles. The largest absolute Gasteiger partial charge is 0.494 e. The summed E-state index contributed by atoms with van der Waals surface area (Å²) < 4.78 is 8.09. The summed E-state index contributed by atoms with van der Waals surface area (Å²) in [5.74, 6) is 2.01. The highest BCUT2D eigenvalue weighted by atomic mass is 35.5. The molecule has 0 aliphatic heterocycles. The molecule has 3 rings (SSSR count). The van der Waals surface area contributed by atoms with Gasteiger partial charge in [0.2, 0.25) is 5.91 Å². The average Bonchev–Trinajstić information content (AvgIpc) is 3.07. The van der Waals surface area contributed by atoms with E-state index in [2.05, 4.69) is 16.0 Å². The molecule has 1 heterocycles. The van der Waals surface area contributed by atoms with Gasteiger partial charge in [-0.05, 0) is 55.7 Å². The van der Waals surface area contributed by atoms with E-state index in [1.807, 2.05) is 49.4 Å². The summed E-state index contributed by atoms with van der Waals surface area (Å²) in [7, 11) is 0. The van der Waals surface area contributed by atoms with E-state index < -0.39 is 0 Å². The summed E-state index contributed by atoms with van der Waals surface area (Å²) in [6.45, 7) is 4.16. The normalized spacial score (nSPS) is 11.0. The maximum absolute atomic E-state index is 11.6. The Morgan fingerprint density at radius 3 is 2.72 bits per heavy atom. The van der Waals surface area contributed by atoms with E-state index in [9.17, 15) is 4.79 Å². The number of hydrogen-bond donors (Lipinski definition) is 1. The molecule has 0 aliphatic carbocycles. The van der Waals surface area contributed by atoms with Crippen LogP contribution < -0.4 is 10.1 Å². The fraction of sp³-hybridized carbons (Fsp3) is 0.391. The fourth-order valence-electron chi connectivity index (χ4n) is 3.30. The van der Waals surface area contributed by atoms with Crippen molar-refractivity contribution in [2.45, 2.75) is 45.6 Å². The van der Waals surface area contributed by atoms with Gasteiger partial charge in [0.05, 0.1) is 17.6 Å². The van der Waals surface area contributed by atoms with E-state index in [1.54, 1.807) is 0 Å². The number of carbonyl (C=O) groups excluding carboxylic acids is 1. The molecule has 1 amide bonds. The highest BCUT2D eigenvalue weighted by Gasteiger charge is 2.10. The monoisotopic (exact) mass is 413 g/mol. The van der Waals surface area contributed by atoms with Gasteiger partial charge in [0.15, 0.2) is 0 Å². The topological polar surface area (TPSA) is 56.2 Å². The number of nitrogens with one attached hydrogen (secondary N) is 1. The Labute approximate surface area is 177 Å². The Bertz CT molecular complexity index is 922. The molecule has 154 valence electrons. The highest BCUT2D eigenvalue weighted by Crippen LogP contribution is 2.19. The van der Waals surface area contributed by atoms with Crippen molar-refractivity contribution in [2.24, 2.45) is 0 Å². The third-order valence-corrected chi connectivity index (χ3v) is 4.97. The summed E-state index contributed by atoms with van der Waals surface area (Å²) in [5.41, 5.74) is 2.15. The lowest BCUT2D eigenvalue weighted by Gasteiger charge is -2.11. The third-order valence-electron chi connectivity index (χ3n) is 4.72. The molecule has 0 aliphatic rings. The van der Waals surface area contributed by atoms with Crippen LogP contribution in [0.5, 0.6) is 5.75 Å². The van der Waals surface area contributed by atoms with Gasteiger partial charge in [-0.15, -0.1) is 0 Å². The number of hydrogen-bond acceptors (Lipinski definition) is 3. The van der Waals surface area contributed by atoms with Crippen molar-refractivity contribution >= 4 is 28.5 Å². The van der Waals surface area contributed by atoms with Crippen LogP contribution in [0, 0.1) is 0 Å². The van der Waals surface area contributed by atoms with Crippen LogP contribution in [0.4, 0.5) is 0 Å². The average molecular weight is 414 g/mol. The highest BCUT2D eigenvalue weighted by molar-refractivity contribution is 6.30. The van der Waals surface area contributed by atoms with Crippen molar-refractivity contribution in [2.75, 3.05) is 13.2 Å². The molecule has 0 bridgehead atoms. The van der Waals surface area contributed by atoms with Crippen LogP contribution in [0.25, 0.3) is 11.0 Å². The van der Waals surface area contributed by atoms with Crippen LogP contribution >= 0.6 is 11.6 Å². The van der Waals surface area contributed by atoms with Gasteiger partial charge in [0, 0.05) is 31.0 Å². The lowest BCUT2D eigenvalue weighted by molar-refractivity contribution is -0.121. The number of imidazole rings is 1. The quantitative estimate of drug-likeness (QED) is 0.449. The van der Waals surface area contributed by atoms with Gasteiger partial charge in [-0.2, -0.15) is 0 Å². The van der Waals surface area contributed by atoms with Crippen molar-refractivity contribution in [1.29, 1.82) is 0 Å². The van der Waals surface area contributed by atoms with Crippen molar-refractivity contribution in [3.63, 3.8) is 0 Å². The number of rotatable bonds is 11. The zero-order valence-corrected chi connectivity index (χ0v) is 17.6. The van der Waals surface area contributed by atoms with Crippen LogP contribution in [0.3, 0.4) is 0 Å². The van der Waals surface area contributed by atoms with Gasteiger partial charge in [0.1, 0.15) is 11.6 Å². The van der Waals surface area contributed by atoms with Crippen LogP contribution in [0.1, 0.15) is 38.4 Å². The molecule has 2 aromatic carbocycles. The van der Waals surface area contributed by atoms with Crippen molar-refractivity contribution in [3.8, 4) is 5.75 Å². The molecule has 0 spiro atoms. The Hall–Kier alpha value is -2.53. The fourth-order valence-corrected chi connectivity index (χ4v) is 3.43. The molecule has 0 unspecified atom stereocenters. The lowest BCUT2D eigenvalue weighted by atomic mass is 10.2. The number of fused-ring (bicyclic) bond motifs is 1. The predicted octanol–water partition coefficient (Wildman–Crippen LogP) is 5.01. The number of aryl methyl sites for hydroxylation is 2. The minimum Gasteiger partial charge on any atom is -0.494 e. The number of nitrogens with zero attached hydrogens (tertiary/aromatic N) is 2. The van der Waals surface area contributed by atoms with E-state index in [-0.39, 0.29) is 5.91 Å². The molecule has 0 saturated heterocycles. The maximum Gasteiger partial charge on any atom is 0.219 e. The second-order valence-electron chi connectivity index (χ2n) is 7.03. The number of aromatic nitrogens is 2. The number of halogens is 1. The molecule has 1 aromatic heterocycles. The number of amides is 1. The second-order valence-corrected chi connectivity index (χ2v) is 7.46. The minimum absolute atomic E-state index is 0.125. The summed E-state index contributed by atoms with van der Waals surface area (Å²) in [6, 6.07) is 15.6. The molecule has 0 fully saturated rings. The predicted molar refractivity (Wildman–Crippen MR) is 118 cm³/mol. The smallest absolute Gasteiger partial charge is 0.219 e. The summed E-state index contributed by atoms with van der Waals surface area (Å²) in [4.78, 5) is 16.4. The first kappa shape index (κ1) is 21.2. The summed E-state index contributed by atoms with van der Waals surface area (Å²) in [6.07, 6.45) is 4.05. The lowest BCUT2D eigenvalue weighted by Crippen LogP contribution is -2.24. The van der Waals surface area contributed by atoms with Crippen LogP contribution in [-0.4, -0.2) is 28.6 Å². The Balaban J connectivity index is 1.56. The van der Waals surface area contributed by atoms with Gasteiger partial charge >= 0.3 is 0 Å². The van der Waals surface area contributed by atoms with E-state index in [0.29, 0.717) is 24.6 Å². The number of carbonyl (C=O) groups is 1. The first-order chi connectivity index (χ1) is 14.2.